The zero-order valence-electron chi connectivity index (χ0n) is 8.83. The van der Waals surface area contributed by atoms with Crippen LogP contribution in [0.25, 0.3) is 0 Å². The van der Waals surface area contributed by atoms with Crippen LogP contribution in [0.2, 0.25) is 0 Å². The molecule has 1 aromatic rings. The zero-order chi connectivity index (χ0) is 13.7. The Bertz CT molecular complexity index is 407. The van der Waals surface area contributed by atoms with Crippen molar-refractivity contribution in [1.29, 1.82) is 0 Å². The van der Waals surface area contributed by atoms with E-state index >= 15 is 0 Å². The van der Waals surface area contributed by atoms with Crippen molar-refractivity contribution in [2.75, 3.05) is 0 Å². The summed E-state index contributed by atoms with van der Waals surface area (Å²) in [7, 11) is -7.41. The standard InChI is InChI=1S/C8H11O4P.HO3P/c1-8(9,13(10,11)12)7-5-3-2-4-6-7;1-4(2)3/h2-6,9H,1H3,(H2,10,11,12);(H-,1,2,3)/p+1. The summed E-state index contributed by atoms with van der Waals surface area (Å²) in [5, 5.41) is 7.46. The Labute approximate surface area is 98.5 Å². The minimum Gasteiger partial charge on any atom is -0.373 e. The molecule has 0 aliphatic carbocycles. The van der Waals surface area contributed by atoms with Crippen LogP contribution in [0.15, 0.2) is 30.3 Å². The van der Waals surface area contributed by atoms with Gasteiger partial charge in [-0.25, -0.2) is 0 Å². The summed E-state index contributed by atoms with van der Waals surface area (Å²) in [5.41, 5.74) is 0.211. The highest BCUT2D eigenvalue weighted by Crippen LogP contribution is 2.54. The third kappa shape index (κ3) is 5.48. The van der Waals surface area contributed by atoms with Crippen molar-refractivity contribution in [3.05, 3.63) is 35.9 Å². The Hall–Kier alpha value is -0.650. The molecule has 0 aromatic heterocycles. The van der Waals surface area contributed by atoms with E-state index in [1.54, 1.807) is 18.2 Å². The first-order chi connectivity index (χ1) is 7.59. The molecular formula is C8H13O7P2+. The van der Waals surface area contributed by atoms with Gasteiger partial charge >= 0.3 is 15.9 Å². The predicted molar refractivity (Wildman–Crippen MR) is 60.1 cm³/mol. The Balaban J connectivity index is 0.000000557. The summed E-state index contributed by atoms with van der Waals surface area (Å²) in [6.45, 7) is 1.10. The molecule has 0 spiro atoms. The lowest BCUT2D eigenvalue weighted by Crippen LogP contribution is -2.20. The molecular weight excluding hydrogens is 270 g/mol. The lowest BCUT2D eigenvalue weighted by atomic mass is 10.1. The molecule has 17 heavy (non-hydrogen) atoms. The largest absolute Gasteiger partial charge is 0.692 e. The van der Waals surface area contributed by atoms with Gasteiger partial charge in [-0.3, -0.25) is 4.57 Å². The van der Waals surface area contributed by atoms with E-state index in [0.29, 0.717) is 0 Å². The van der Waals surface area contributed by atoms with Crippen LogP contribution in [-0.2, 0) is 14.5 Å². The summed E-state index contributed by atoms with van der Waals surface area (Å²) < 4.78 is 19.6. The molecule has 7 nitrogen and oxygen atoms in total. The normalized spacial score (nSPS) is 14.2. The first kappa shape index (κ1) is 16.4. The molecule has 0 fully saturated rings. The van der Waals surface area contributed by atoms with Crippen molar-refractivity contribution < 1.29 is 33.8 Å². The second-order valence-corrected chi connectivity index (χ2v) is 5.65. The minimum atomic E-state index is -4.53. The average Bonchev–Trinajstić information content (AvgIpc) is 2.16. The van der Waals surface area contributed by atoms with Crippen molar-refractivity contribution in [3.8, 4) is 0 Å². The van der Waals surface area contributed by atoms with Crippen molar-refractivity contribution in [3.63, 3.8) is 0 Å². The summed E-state index contributed by atoms with van der Waals surface area (Å²) >= 11 is 0. The molecule has 0 radical (unpaired) electrons. The predicted octanol–water partition coefficient (Wildman–Crippen LogP) is 0.658. The second kappa shape index (κ2) is 6.33. The molecule has 1 unspecified atom stereocenters. The lowest BCUT2D eigenvalue weighted by molar-refractivity contribution is 0.108. The van der Waals surface area contributed by atoms with Crippen molar-refractivity contribution >= 4 is 15.9 Å². The van der Waals surface area contributed by atoms with E-state index in [0.717, 1.165) is 6.92 Å². The highest BCUT2D eigenvalue weighted by molar-refractivity contribution is 7.52. The molecule has 0 bridgehead atoms. The van der Waals surface area contributed by atoms with Gasteiger partial charge in [-0.2, -0.15) is 0 Å². The molecule has 1 rings (SSSR count). The van der Waals surface area contributed by atoms with Crippen LogP contribution in [0.1, 0.15) is 12.5 Å². The van der Waals surface area contributed by atoms with Crippen LogP contribution < -0.4 is 0 Å². The summed E-state index contributed by atoms with van der Waals surface area (Å²) in [4.78, 5) is 32.0. The van der Waals surface area contributed by atoms with E-state index < -0.39 is 21.2 Å². The van der Waals surface area contributed by atoms with Crippen molar-refractivity contribution in [1.82, 2.24) is 0 Å². The van der Waals surface area contributed by atoms with E-state index in [4.69, 9.17) is 24.1 Å². The van der Waals surface area contributed by atoms with E-state index in [2.05, 4.69) is 0 Å². The quantitative estimate of drug-likeness (QED) is 0.503. The summed E-state index contributed by atoms with van der Waals surface area (Å²) in [6.07, 6.45) is 0. The Kier molecular flexibility index (Phi) is 6.09. The molecule has 0 amide bonds. The SMILES string of the molecule is CC(O)(c1ccccc1)P(=O)(O)O.O=[P+](O)O. The van der Waals surface area contributed by atoms with Crippen LogP contribution in [0.3, 0.4) is 0 Å². The molecule has 0 heterocycles. The minimum absolute atomic E-state index is 0.211. The van der Waals surface area contributed by atoms with E-state index in [1.165, 1.54) is 12.1 Å². The third-order valence-corrected chi connectivity index (χ3v) is 3.28. The Morgan fingerprint density at radius 2 is 1.53 bits per heavy atom. The van der Waals surface area contributed by atoms with E-state index in [9.17, 15) is 9.67 Å². The molecule has 9 heteroatoms. The highest BCUT2D eigenvalue weighted by Gasteiger charge is 2.41. The smallest absolute Gasteiger partial charge is 0.373 e. The van der Waals surface area contributed by atoms with E-state index in [-0.39, 0.29) is 5.56 Å². The number of hydrogen-bond donors (Lipinski definition) is 5. The summed E-state index contributed by atoms with van der Waals surface area (Å²) in [5.74, 6) is 0. The lowest BCUT2D eigenvalue weighted by Gasteiger charge is -2.24. The van der Waals surface area contributed by atoms with Crippen LogP contribution in [0.5, 0.6) is 0 Å². The van der Waals surface area contributed by atoms with Gasteiger partial charge in [0.05, 0.1) is 0 Å². The molecule has 0 saturated carbocycles. The van der Waals surface area contributed by atoms with Gasteiger partial charge in [0.2, 0.25) is 0 Å². The fourth-order valence-electron chi connectivity index (χ4n) is 0.922. The van der Waals surface area contributed by atoms with Crippen LogP contribution in [0.4, 0.5) is 0 Å². The second-order valence-electron chi connectivity index (χ2n) is 3.18. The fourth-order valence-corrected chi connectivity index (χ4v) is 1.41. The van der Waals surface area contributed by atoms with Gasteiger partial charge in [0.25, 0.3) is 0 Å². The maximum atomic E-state index is 10.9. The topological polar surface area (TPSA) is 135 Å². The van der Waals surface area contributed by atoms with Gasteiger partial charge in [0.1, 0.15) is 0 Å². The van der Waals surface area contributed by atoms with Gasteiger partial charge in [-0.15, -0.1) is 9.79 Å². The highest BCUT2D eigenvalue weighted by atomic mass is 31.2. The van der Waals surface area contributed by atoms with Gasteiger partial charge in [-0.05, 0) is 12.5 Å². The number of aliphatic hydroxyl groups is 1. The first-order valence-corrected chi connectivity index (χ1v) is 7.05. The van der Waals surface area contributed by atoms with Gasteiger partial charge < -0.3 is 14.9 Å². The molecule has 96 valence electrons. The molecule has 1 atom stereocenters. The maximum Gasteiger partial charge on any atom is 0.692 e. The van der Waals surface area contributed by atoms with Crippen LogP contribution in [-0.4, -0.2) is 24.7 Å². The molecule has 0 saturated heterocycles. The molecule has 0 aliphatic heterocycles. The van der Waals surface area contributed by atoms with Crippen LogP contribution in [0, 0.1) is 0 Å². The van der Waals surface area contributed by atoms with Gasteiger partial charge in [-0.1, -0.05) is 30.3 Å². The fraction of sp³-hybridized carbons (Fsp3) is 0.250. The first-order valence-electron chi connectivity index (χ1n) is 4.27. The number of hydrogen-bond acceptors (Lipinski definition) is 3. The third-order valence-electron chi connectivity index (χ3n) is 1.89. The molecule has 0 aliphatic rings. The number of benzene rings is 1. The number of rotatable bonds is 2. The van der Waals surface area contributed by atoms with Crippen LogP contribution >= 0.6 is 15.9 Å². The molecule has 1 aromatic carbocycles. The monoisotopic (exact) mass is 283 g/mol. The van der Waals surface area contributed by atoms with E-state index in [1.807, 2.05) is 0 Å². The maximum absolute atomic E-state index is 10.9. The zero-order valence-corrected chi connectivity index (χ0v) is 10.6. The van der Waals surface area contributed by atoms with Gasteiger partial charge in [0.15, 0.2) is 5.34 Å². The Morgan fingerprint density at radius 3 is 1.82 bits per heavy atom. The summed E-state index contributed by atoms with van der Waals surface area (Å²) in [6, 6.07) is 7.87. The van der Waals surface area contributed by atoms with Crippen molar-refractivity contribution in [2.45, 2.75) is 12.3 Å². The molecule has 5 N–H and O–H groups in total. The van der Waals surface area contributed by atoms with Crippen molar-refractivity contribution in [2.24, 2.45) is 0 Å². The van der Waals surface area contributed by atoms with Gasteiger partial charge in [0, 0.05) is 4.57 Å². The average molecular weight is 283 g/mol. The Morgan fingerprint density at radius 1 is 1.18 bits per heavy atom.